The molecule has 3 atom stereocenters. The van der Waals surface area contributed by atoms with Crippen LogP contribution in [0.2, 0.25) is 0 Å². The predicted molar refractivity (Wildman–Crippen MR) is 62.1 cm³/mol. The number of hydrogen-bond acceptors (Lipinski definition) is 4. The Kier molecular flexibility index (Phi) is 2.81. The lowest BCUT2D eigenvalue weighted by Gasteiger charge is -2.32. The van der Waals surface area contributed by atoms with Crippen molar-refractivity contribution in [2.24, 2.45) is 0 Å². The average molecular weight is 257 g/mol. The van der Waals surface area contributed by atoms with Crippen LogP contribution in [0, 0.1) is 0 Å². The molecule has 0 spiro atoms. The van der Waals surface area contributed by atoms with Crippen molar-refractivity contribution >= 4 is 12.1 Å². The van der Waals surface area contributed by atoms with E-state index >= 15 is 0 Å². The first-order chi connectivity index (χ1) is 8.17. The molecule has 0 radical (unpaired) electrons. The van der Waals surface area contributed by atoms with Gasteiger partial charge in [-0.1, -0.05) is 0 Å². The summed E-state index contributed by atoms with van der Waals surface area (Å²) in [6.07, 6.45) is -0.450. The van der Waals surface area contributed by atoms with E-state index in [4.69, 9.17) is 4.74 Å². The molecule has 0 aromatic carbocycles. The highest BCUT2D eigenvalue weighted by Gasteiger charge is 2.63. The van der Waals surface area contributed by atoms with Crippen LogP contribution in [0.25, 0.3) is 0 Å². The van der Waals surface area contributed by atoms with Gasteiger partial charge >= 0.3 is 12.1 Å². The number of carboxylic acids is 1. The summed E-state index contributed by atoms with van der Waals surface area (Å²) in [6.45, 7) is 5.19. The summed E-state index contributed by atoms with van der Waals surface area (Å²) >= 11 is 0. The quantitative estimate of drug-likeness (QED) is 0.731. The summed E-state index contributed by atoms with van der Waals surface area (Å²) in [5.74, 6) is -1.06. The number of aliphatic hydroxyl groups is 1. The lowest BCUT2D eigenvalue weighted by atomic mass is 9.86. The second-order valence-electron chi connectivity index (χ2n) is 6.06. The maximum Gasteiger partial charge on any atom is 0.411 e. The van der Waals surface area contributed by atoms with Gasteiger partial charge in [0, 0.05) is 6.42 Å². The number of hydrogen-bond donors (Lipinski definition) is 2. The molecule has 2 aliphatic rings. The van der Waals surface area contributed by atoms with Gasteiger partial charge in [0.25, 0.3) is 0 Å². The third kappa shape index (κ3) is 1.84. The lowest BCUT2D eigenvalue weighted by Crippen LogP contribution is -2.52. The van der Waals surface area contributed by atoms with Crippen molar-refractivity contribution in [1.29, 1.82) is 0 Å². The Bertz CT molecular complexity index is 388. The fourth-order valence-corrected chi connectivity index (χ4v) is 2.92. The number of aliphatic hydroxyl groups excluding tert-OH is 1. The third-order valence-electron chi connectivity index (χ3n) is 3.63. The third-order valence-corrected chi connectivity index (χ3v) is 3.63. The van der Waals surface area contributed by atoms with E-state index in [0.29, 0.717) is 12.8 Å². The minimum atomic E-state index is -1.29. The van der Waals surface area contributed by atoms with Crippen LogP contribution in [0.1, 0.15) is 40.0 Å². The van der Waals surface area contributed by atoms with Crippen LogP contribution in [0.5, 0.6) is 0 Å². The minimum Gasteiger partial charge on any atom is -0.479 e. The molecule has 0 unspecified atom stereocenters. The zero-order valence-electron chi connectivity index (χ0n) is 10.8. The maximum atomic E-state index is 12.1. The van der Waals surface area contributed by atoms with Crippen LogP contribution < -0.4 is 0 Å². The number of carbonyl (C=O) groups excluding carboxylic acids is 1. The van der Waals surface area contributed by atoms with Crippen LogP contribution in [0.4, 0.5) is 4.79 Å². The number of ether oxygens (including phenoxy) is 1. The van der Waals surface area contributed by atoms with Crippen LogP contribution >= 0.6 is 0 Å². The van der Waals surface area contributed by atoms with E-state index in [1.54, 1.807) is 20.8 Å². The molecule has 0 aromatic rings. The van der Waals surface area contributed by atoms with Gasteiger partial charge < -0.3 is 14.9 Å². The van der Waals surface area contributed by atoms with Gasteiger partial charge in [0.05, 0.1) is 12.1 Å². The number of aliphatic carboxylic acids is 1. The van der Waals surface area contributed by atoms with Crippen molar-refractivity contribution in [3.8, 4) is 0 Å². The highest BCUT2D eigenvalue weighted by Crippen LogP contribution is 2.47. The molecule has 2 heterocycles. The molecule has 2 bridgehead atoms. The van der Waals surface area contributed by atoms with Crippen molar-refractivity contribution in [3.63, 3.8) is 0 Å². The molecule has 0 saturated carbocycles. The smallest absolute Gasteiger partial charge is 0.411 e. The van der Waals surface area contributed by atoms with Crippen LogP contribution in [0.3, 0.4) is 0 Å². The van der Waals surface area contributed by atoms with E-state index in [2.05, 4.69) is 0 Å². The summed E-state index contributed by atoms with van der Waals surface area (Å²) < 4.78 is 5.24. The molecular formula is C12H19NO5. The number of nitrogens with zero attached hydrogens (tertiary/aromatic N) is 1. The van der Waals surface area contributed by atoms with Gasteiger partial charge in [-0.2, -0.15) is 0 Å². The predicted octanol–water partition coefficient (Wildman–Crippen LogP) is 0.974. The van der Waals surface area contributed by atoms with Crippen molar-refractivity contribution in [2.75, 3.05) is 0 Å². The molecule has 6 nitrogen and oxygen atoms in total. The SMILES string of the molecule is CC(C)(C)OC(=O)N1[C@@H]2CC[C@@]1(C(=O)O)C[C@@H]2O. The molecule has 0 aliphatic carbocycles. The van der Waals surface area contributed by atoms with Crippen molar-refractivity contribution in [1.82, 2.24) is 4.90 Å². The second-order valence-corrected chi connectivity index (χ2v) is 6.06. The first-order valence-corrected chi connectivity index (χ1v) is 6.11. The molecule has 2 N–H and O–H groups in total. The largest absolute Gasteiger partial charge is 0.479 e. The fourth-order valence-electron chi connectivity index (χ4n) is 2.92. The Balaban J connectivity index is 2.27. The maximum absolute atomic E-state index is 12.1. The monoisotopic (exact) mass is 257 g/mol. The molecule has 1 amide bonds. The number of carboxylic acid groups (broad SMARTS) is 1. The van der Waals surface area contributed by atoms with E-state index < -0.39 is 35.3 Å². The number of rotatable bonds is 1. The van der Waals surface area contributed by atoms with Gasteiger partial charge in [0.1, 0.15) is 11.1 Å². The molecule has 18 heavy (non-hydrogen) atoms. The number of amides is 1. The van der Waals surface area contributed by atoms with Gasteiger partial charge in [-0.25, -0.2) is 9.59 Å². The van der Waals surface area contributed by atoms with E-state index in [0.717, 1.165) is 0 Å². The summed E-state index contributed by atoms with van der Waals surface area (Å²) in [5, 5.41) is 19.2. The Morgan fingerprint density at radius 2 is 2.00 bits per heavy atom. The van der Waals surface area contributed by atoms with E-state index in [9.17, 15) is 19.8 Å². The zero-order valence-corrected chi connectivity index (χ0v) is 10.8. The second kappa shape index (κ2) is 3.85. The van der Waals surface area contributed by atoms with Crippen LogP contribution in [-0.2, 0) is 9.53 Å². The highest BCUT2D eigenvalue weighted by atomic mass is 16.6. The standard InChI is InChI=1S/C12H19NO5/c1-11(2,3)18-10(17)13-7-4-5-12(13,9(15)16)6-8(7)14/h7-8,14H,4-6H2,1-3H3,(H,15,16)/t7-,8+,12+/m1/s1. The highest BCUT2D eigenvalue weighted by molar-refractivity contribution is 5.86. The first kappa shape index (κ1) is 13.1. The van der Waals surface area contributed by atoms with Gasteiger partial charge in [-0.15, -0.1) is 0 Å². The van der Waals surface area contributed by atoms with Crippen LogP contribution in [-0.4, -0.2) is 50.5 Å². The molecule has 102 valence electrons. The zero-order chi connectivity index (χ0) is 13.7. The van der Waals surface area contributed by atoms with Gasteiger partial charge in [0.15, 0.2) is 0 Å². The molecule has 0 aromatic heterocycles. The van der Waals surface area contributed by atoms with Gasteiger partial charge in [0.2, 0.25) is 0 Å². The topological polar surface area (TPSA) is 87.1 Å². The fraction of sp³-hybridized carbons (Fsp3) is 0.833. The molecule has 2 saturated heterocycles. The summed E-state index contributed by atoms with van der Waals surface area (Å²) in [5.41, 5.74) is -1.96. The Morgan fingerprint density at radius 1 is 1.39 bits per heavy atom. The Hall–Kier alpha value is -1.30. The normalized spacial score (nSPS) is 34.8. The summed E-state index contributed by atoms with van der Waals surface area (Å²) in [4.78, 5) is 24.8. The minimum absolute atomic E-state index is 0.0895. The van der Waals surface area contributed by atoms with E-state index in [1.807, 2.05) is 0 Å². The summed E-state index contributed by atoms with van der Waals surface area (Å²) in [6, 6.07) is -0.434. The molecule has 2 aliphatic heterocycles. The van der Waals surface area contributed by atoms with Gasteiger partial charge in [-0.3, -0.25) is 4.90 Å². The summed E-state index contributed by atoms with van der Waals surface area (Å²) in [7, 11) is 0. The number of fused-ring (bicyclic) bond motifs is 2. The number of carbonyl (C=O) groups is 2. The average Bonchev–Trinajstić information content (AvgIpc) is 2.67. The van der Waals surface area contributed by atoms with Gasteiger partial charge in [-0.05, 0) is 33.6 Å². The van der Waals surface area contributed by atoms with Crippen LogP contribution in [0.15, 0.2) is 0 Å². The molecular weight excluding hydrogens is 238 g/mol. The van der Waals surface area contributed by atoms with E-state index in [1.165, 1.54) is 4.90 Å². The molecule has 2 rings (SSSR count). The molecule has 2 fully saturated rings. The Labute approximate surface area is 106 Å². The van der Waals surface area contributed by atoms with E-state index in [-0.39, 0.29) is 6.42 Å². The van der Waals surface area contributed by atoms with Crippen molar-refractivity contribution in [3.05, 3.63) is 0 Å². The molecule has 6 heteroatoms. The lowest BCUT2D eigenvalue weighted by molar-refractivity contribution is -0.148. The van der Waals surface area contributed by atoms with Crippen molar-refractivity contribution < 1.29 is 24.5 Å². The first-order valence-electron chi connectivity index (χ1n) is 6.11. The van der Waals surface area contributed by atoms with Crippen molar-refractivity contribution in [2.45, 2.75) is 63.3 Å². The Morgan fingerprint density at radius 3 is 2.44 bits per heavy atom.